The van der Waals surface area contributed by atoms with Crippen LogP contribution in [-0.2, 0) is 9.47 Å². The fraction of sp³-hybridized carbons (Fsp3) is 0.923. The highest BCUT2D eigenvalue weighted by molar-refractivity contribution is 5.68. The highest BCUT2D eigenvalue weighted by Gasteiger charge is 2.46. The zero-order valence-electron chi connectivity index (χ0n) is 11.4. The molecule has 1 spiro atoms. The van der Waals surface area contributed by atoms with Crippen molar-refractivity contribution in [3.63, 3.8) is 0 Å². The van der Waals surface area contributed by atoms with Gasteiger partial charge in [0.05, 0.1) is 6.61 Å². The molecule has 0 aromatic rings. The van der Waals surface area contributed by atoms with E-state index in [4.69, 9.17) is 9.47 Å². The van der Waals surface area contributed by atoms with Crippen LogP contribution >= 0.6 is 0 Å². The van der Waals surface area contributed by atoms with Crippen molar-refractivity contribution >= 4 is 6.09 Å². The summed E-state index contributed by atoms with van der Waals surface area (Å²) >= 11 is 0. The molecule has 2 heterocycles. The molecule has 0 aliphatic carbocycles. The highest BCUT2D eigenvalue weighted by Crippen LogP contribution is 2.43. The van der Waals surface area contributed by atoms with Crippen LogP contribution in [0.4, 0.5) is 4.79 Å². The van der Waals surface area contributed by atoms with E-state index >= 15 is 0 Å². The number of carbonyl (C=O) groups excluding carboxylic acids is 1. The summed E-state index contributed by atoms with van der Waals surface area (Å²) in [6.45, 7) is 7.49. The lowest BCUT2D eigenvalue weighted by molar-refractivity contribution is -0.132. The molecule has 0 aromatic carbocycles. The summed E-state index contributed by atoms with van der Waals surface area (Å²) in [7, 11) is 0. The number of aliphatic hydroxyl groups is 1. The minimum absolute atomic E-state index is 0.140. The van der Waals surface area contributed by atoms with Crippen LogP contribution in [-0.4, -0.2) is 47.7 Å². The Kier molecular flexibility index (Phi) is 3.56. The molecule has 1 atom stereocenters. The van der Waals surface area contributed by atoms with E-state index in [1.165, 1.54) is 0 Å². The Bertz CT molecular complexity index is 315. The third-order valence-corrected chi connectivity index (χ3v) is 3.81. The van der Waals surface area contributed by atoms with Crippen LogP contribution in [0.5, 0.6) is 0 Å². The average molecular weight is 257 g/mol. The van der Waals surface area contributed by atoms with Crippen molar-refractivity contribution < 1.29 is 19.4 Å². The van der Waals surface area contributed by atoms with Crippen molar-refractivity contribution in [3.8, 4) is 0 Å². The Morgan fingerprint density at radius 1 is 1.33 bits per heavy atom. The van der Waals surface area contributed by atoms with Crippen LogP contribution in [0.15, 0.2) is 0 Å². The number of ether oxygens (including phenoxy) is 2. The fourth-order valence-corrected chi connectivity index (χ4v) is 2.63. The second kappa shape index (κ2) is 4.70. The molecular weight excluding hydrogens is 234 g/mol. The van der Waals surface area contributed by atoms with E-state index in [0.717, 1.165) is 19.3 Å². The van der Waals surface area contributed by atoms with Crippen molar-refractivity contribution in [1.29, 1.82) is 0 Å². The van der Waals surface area contributed by atoms with Gasteiger partial charge in [0.2, 0.25) is 0 Å². The maximum Gasteiger partial charge on any atom is 0.410 e. The number of hydrogen-bond donors (Lipinski definition) is 1. The molecule has 5 nitrogen and oxygen atoms in total. The molecule has 1 unspecified atom stereocenters. The normalized spacial score (nSPS) is 27.6. The Hall–Kier alpha value is -0.810. The van der Waals surface area contributed by atoms with Crippen LogP contribution in [0.2, 0.25) is 0 Å². The van der Waals surface area contributed by atoms with E-state index in [-0.39, 0.29) is 11.5 Å². The summed E-state index contributed by atoms with van der Waals surface area (Å²) in [6.07, 6.45) is 1.53. The number of hydrogen-bond acceptors (Lipinski definition) is 4. The van der Waals surface area contributed by atoms with Gasteiger partial charge in [-0.3, -0.25) is 0 Å². The minimum atomic E-state index is -0.668. The Balaban J connectivity index is 1.89. The van der Waals surface area contributed by atoms with Gasteiger partial charge in [0.25, 0.3) is 0 Å². The molecule has 5 heteroatoms. The molecule has 0 radical (unpaired) electrons. The number of piperidine rings is 1. The lowest BCUT2D eigenvalue weighted by Crippen LogP contribution is -2.47. The molecule has 2 saturated heterocycles. The van der Waals surface area contributed by atoms with Gasteiger partial charge in [0.1, 0.15) is 5.60 Å². The van der Waals surface area contributed by atoms with Crippen molar-refractivity contribution in [1.82, 2.24) is 4.90 Å². The summed E-state index contributed by atoms with van der Waals surface area (Å²) in [5.41, 5.74) is -0.597. The standard InChI is InChI=1S/C13H23NO4/c1-12(2,3)18-11(16)14-7-4-13(5-8-14)6-9-17-10(13)15/h10,15H,4-9H2,1-3H3. The van der Waals surface area contributed by atoms with E-state index < -0.39 is 11.9 Å². The van der Waals surface area contributed by atoms with Crippen LogP contribution in [0.25, 0.3) is 0 Å². The monoisotopic (exact) mass is 257 g/mol. The SMILES string of the molecule is CC(C)(C)OC(=O)N1CCC2(CCOC2O)CC1. The van der Waals surface area contributed by atoms with E-state index in [9.17, 15) is 9.90 Å². The third kappa shape index (κ3) is 2.78. The summed E-state index contributed by atoms with van der Waals surface area (Å²) in [4.78, 5) is 13.6. The predicted octanol–water partition coefficient (Wildman–Crippen LogP) is 1.74. The molecule has 2 aliphatic rings. The molecule has 0 saturated carbocycles. The predicted molar refractivity (Wildman–Crippen MR) is 66.0 cm³/mol. The number of amides is 1. The van der Waals surface area contributed by atoms with Crippen molar-refractivity contribution in [2.24, 2.45) is 5.41 Å². The van der Waals surface area contributed by atoms with Gasteiger partial charge in [-0.2, -0.15) is 0 Å². The molecule has 18 heavy (non-hydrogen) atoms. The first-order chi connectivity index (χ1) is 8.32. The molecule has 0 aromatic heterocycles. The number of nitrogens with zero attached hydrogens (tertiary/aromatic N) is 1. The smallest absolute Gasteiger partial charge is 0.410 e. The van der Waals surface area contributed by atoms with Gasteiger partial charge < -0.3 is 19.5 Å². The maximum atomic E-state index is 11.9. The summed E-state index contributed by atoms with van der Waals surface area (Å²) < 4.78 is 10.6. The molecule has 2 aliphatic heterocycles. The Morgan fingerprint density at radius 3 is 2.39 bits per heavy atom. The number of rotatable bonds is 0. The van der Waals surface area contributed by atoms with Crippen molar-refractivity contribution in [3.05, 3.63) is 0 Å². The van der Waals surface area contributed by atoms with Crippen LogP contribution in [0.1, 0.15) is 40.0 Å². The van der Waals surface area contributed by atoms with Gasteiger partial charge in [-0.15, -0.1) is 0 Å². The molecular formula is C13H23NO4. The van der Waals surface area contributed by atoms with Crippen molar-refractivity contribution in [2.45, 2.75) is 51.9 Å². The second-order valence-electron chi connectivity index (χ2n) is 6.30. The van der Waals surface area contributed by atoms with E-state index in [0.29, 0.717) is 19.7 Å². The molecule has 0 bridgehead atoms. The number of likely N-dealkylation sites (tertiary alicyclic amines) is 1. The largest absolute Gasteiger partial charge is 0.444 e. The zero-order chi connectivity index (χ0) is 13.4. The lowest BCUT2D eigenvalue weighted by Gasteiger charge is -2.40. The van der Waals surface area contributed by atoms with E-state index in [1.54, 1.807) is 4.90 Å². The first-order valence-electron chi connectivity index (χ1n) is 6.60. The molecule has 2 rings (SSSR count). The van der Waals surface area contributed by atoms with E-state index in [1.807, 2.05) is 20.8 Å². The topological polar surface area (TPSA) is 59.0 Å². The lowest BCUT2D eigenvalue weighted by atomic mass is 9.77. The Morgan fingerprint density at radius 2 is 1.94 bits per heavy atom. The fourth-order valence-electron chi connectivity index (χ4n) is 2.63. The van der Waals surface area contributed by atoms with Crippen LogP contribution < -0.4 is 0 Å². The third-order valence-electron chi connectivity index (χ3n) is 3.81. The maximum absolute atomic E-state index is 11.9. The van der Waals surface area contributed by atoms with Gasteiger partial charge in [-0.05, 0) is 40.0 Å². The van der Waals surface area contributed by atoms with Gasteiger partial charge in [-0.1, -0.05) is 0 Å². The van der Waals surface area contributed by atoms with E-state index in [2.05, 4.69) is 0 Å². The first kappa shape index (κ1) is 13.6. The molecule has 1 amide bonds. The minimum Gasteiger partial charge on any atom is -0.444 e. The number of aliphatic hydroxyl groups excluding tert-OH is 1. The van der Waals surface area contributed by atoms with Gasteiger partial charge in [0, 0.05) is 18.5 Å². The number of carbonyl (C=O) groups is 1. The highest BCUT2D eigenvalue weighted by atomic mass is 16.6. The van der Waals surface area contributed by atoms with Gasteiger partial charge in [0.15, 0.2) is 6.29 Å². The Labute approximate surface area is 108 Å². The van der Waals surface area contributed by atoms with Crippen LogP contribution in [0.3, 0.4) is 0 Å². The first-order valence-corrected chi connectivity index (χ1v) is 6.60. The second-order valence-corrected chi connectivity index (χ2v) is 6.30. The molecule has 2 fully saturated rings. The van der Waals surface area contributed by atoms with Gasteiger partial charge >= 0.3 is 6.09 Å². The van der Waals surface area contributed by atoms with Gasteiger partial charge in [-0.25, -0.2) is 4.79 Å². The molecule has 1 N–H and O–H groups in total. The summed E-state index contributed by atoms with van der Waals surface area (Å²) in [6, 6.07) is 0. The quantitative estimate of drug-likeness (QED) is 0.718. The van der Waals surface area contributed by atoms with Crippen molar-refractivity contribution in [2.75, 3.05) is 19.7 Å². The zero-order valence-corrected chi connectivity index (χ0v) is 11.4. The summed E-state index contributed by atoms with van der Waals surface area (Å²) in [5, 5.41) is 9.86. The van der Waals surface area contributed by atoms with Crippen LogP contribution in [0, 0.1) is 5.41 Å². The molecule has 104 valence electrons. The summed E-state index contributed by atoms with van der Waals surface area (Å²) in [5.74, 6) is 0. The average Bonchev–Trinajstić information content (AvgIpc) is 2.59.